The third kappa shape index (κ3) is 1.14. The second-order valence-electron chi connectivity index (χ2n) is 11.4. The fourth-order valence-corrected chi connectivity index (χ4v) is 11.1. The average molecular weight is 313 g/mol. The van der Waals surface area contributed by atoms with Crippen LogP contribution >= 0.6 is 0 Å². The first kappa shape index (κ1) is 14.2. The Morgan fingerprint density at radius 2 is 1.30 bits per heavy atom. The van der Waals surface area contributed by atoms with Gasteiger partial charge in [-0.3, -0.25) is 0 Å². The van der Waals surface area contributed by atoms with Gasteiger partial charge in [0.1, 0.15) is 0 Å². The van der Waals surface area contributed by atoms with Crippen LogP contribution in [-0.4, -0.2) is 0 Å². The van der Waals surface area contributed by atoms with Crippen molar-refractivity contribution in [3.8, 4) is 0 Å². The molecule has 10 unspecified atom stereocenters. The van der Waals surface area contributed by atoms with Crippen LogP contribution in [0.5, 0.6) is 0 Å². The van der Waals surface area contributed by atoms with E-state index in [1.807, 2.05) is 0 Å². The number of hydrogen-bond acceptors (Lipinski definition) is 0. The Kier molecular flexibility index (Phi) is 2.40. The fraction of sp³-hybridized carbons (Fsp3) is 1.00. The number of rotatable bonds is 1. The van der Waals surface area contributed by atoms with Crippen molar-refractivity contribution >= 4 is 0 Å². The van der Waals surface area contributed by atoms with E-state index in [4.69, 9.17) is 0 Å². The molecule has 128 valence electrons. The van der Waals surface area contributed by atoms with E-state index in [2.05, 4.69) is 27.7 Å². The summed E-state index contributed by atoms with van der Waals surface area (Å²) in [5.74, 6) is 8.77. The molecule has 2 bridgehead atoms. The smallest absolute Gasteiger partial charge is 0.0201 e. The lowest BCUT2D eigenvalue weighted by molar-refractivity contribution is -0.370. The van der Waals surface area contributed by atoms with E-state index < -0.39 is 0 Å². The Hall–Kier alpha value is 0. The van der Waals surface area contributed by atoms with Gasteiger partial charge in [-0.15, -0.1) is 0 Å². The molecule has 0 nitrogen and oxygen atoms in total. The van der Waals surface area contributed by atoms with Gasteiger partial charge >= 0.3 is 0 Å². The quantitative estimate of drug-likeness (QED) is 0.544. The predicted octanol–water partition coefficient (Wildman–Crippen LogP) is 6.16. The normalized spacial score (nSPS) is 69.1. The van der Waals surface area contributed by atoms with Crippen molar-refractivity contribution in [3.05, 3.63) is 0 Å². The first-order valence-corrected chi connectivity index (χ1v) is 11.0. The van der Waals surface area contributed by atoms with Gasteiger partial charge in [0, 0.05) is 0 Å². The summed E-state index contributed by atoms with van der Waals surface area (Å²) in [5, 5.41) is 0. The van der Waals surface area contributed by atoms with Crippen LogP contribution in [0.3, 0.4) is 0 Å². The lowest BCUT2D eigenvalue weighted by Gasteiger charge is -2.84. The zero-order chi connectivity index (χ0) is 15.8. The molecule has 0 aromatic carbocycles. The molecule has 0 radical (unpaired) electrons. The SMILES string of the molecule is CC1C2CC(C3C2C2(C)C4CCCC4C32C)C1(C)C1CCCC1. The summed E-state index contributed by atoms with van der Waals surface area (Å²) in [6, 6.07) is 0. The van der Waals surface area contributed by atoms with Crippen molar-refractivity contribution < 1.29 is 0 Å². The molecule has 6 fully saturated rings. The zero-order valence-electron chi connectivity index (χ0n) is 15.8. The summed E-state index contributed by atoms with van der Waals surface area (Å²) in [6.45, 7) is 11.0. The molecule has 6 saturated carbocycles. The van der Waals surface area contributed by atoms with Gasteiger partial charge in [-0.05, 0) is 95.7 Å². The summed E-state index contributed by atoms with van der Waals surface area (Å²) in [6.07, 6.45) is 12.5. The second kappa shape index (κ2) is 3.88. The van der Waals surface area contributed by atoms with E-state index in [1.165, 1.54) is 12.8 Å². The van der Waals surface area contributed by atoms with Crippen LogP contribution in [0.25, 0.3) is 0 Å². The van der Waals surface area contributed by atoms with Gasteiger partial charge in [0.05, 0.1) is 0 Å². The van der Waals surface area contributed by atoms with Gasteiger partial charge in [-0.1, -0.05) is 47.0 Å². The van der Waals surface area contributed by atoms with Gasteiger partial charge in [-0.2, -0.15) is 0 Å². The summed E-state index contributed by atoms with van der Waals surface area (Å²) < 4.78 is 0. The fourth-order valence-electron chi connectivity index (χ4n) is 11.1. The third-order valence-corrected chi connectivity index (χ3v) is 12.1. The Balaban J connectivity index is 1.42. The standard InChI is InChI=1S/C23H36/c1-13-15-12-18(21(13,2)14-8-5-6-9-14)20-19(15)22(3)16-10-7-11-17(16)23(20,22)4/h13-20H,5-12H2,1-4H3. The molecule has 0 heteroatoms. The van der Waals surface area contributed by atoms with Crippen LogP contribution in [0.15, 0.2) is 0 Å². The zero-order valence-corrected chi connectivity index (χ0v) is 15.8. The van der Waals surface area contributed by atoms with Crippen LogP contribution in [0.2, 0.25) is 0 Å². The maximum atomic E-state index is 2.76. The van der Waals surface area contributed by atoms with Gasteiger partial charge in [0.2, 0.25) is 0 Å². The van der Waals surface area contributed by atoms with Gasteiger partial charge in [0.15, 0.2) is 0 Å². The van der Waals surface area contributed by atoms with Gasteiger partial charge in [-0.25, -0.2) is 0 Å². The average Bonchev–Trinajstić information content (AvgIpc) is 3.31. The van der Waals surface area contributed by atoms with Crippen molar-refractivity contribution in [2.24, 2.45) is 63.6 Å². The minimum absolute atomic E-state index is 0.705. The van der Waals surface area contributed by atoms with E-state index in [9.17, 15) is 0 Å². The Morgan fingerprint density at radius 1 is 0.696 bits per heavy atom. The monoisotopic (exact) mass is 312 g/mol. The van der Waals surface area contributed by atoms with E-state index in [0.717, 1.165) is 58.2 Å². The maximum Gasteiger partial charge on any atom is -0.0201 e. The van der Waals surface area contributed by atoms with E-state index >= 15 is 0 Å². The molecule has 0 aromatic rings. The molecule has 0 aromatic heterocycles. The Morgan fingerprint density at radius 3 is 1.96 bits per heavy atom. The minimum Gasteiger partial charge on any atom is -0.0617 e. The van der Waals surface area contributed by atoms with E-state index in [-0.39, 0.29) is 0 Å². The molecule has 23 heavy (non-hydrogen) atoms. The second-order valence-corrected chi connectivity index (χ2v) is 11.4. The molecule has 10 atom stereocenters. The lowest BCUT2D eigenvalue weighted by atomic mass is 9.20. The van der Waals surface area contributed by atoms with Crippen molar-refractivity contribution in [2.45, 2.75) is 79.1 Å². The van der Waals surface area contributed by atoms with Gasteiger partial charge in [0.25, 0.3) is 0 Å². The molecule has 0 aliphatic heterocycles. The largest absolute Gasteiger partial charge is 0.0617 e. The molecule has 6 aliphatic carbocycles. The third-order valence-electron chi connectivity index (χ3n) is 12.1. The summed E-state index contributed by atoms with van der Waals surface area (Å²) in [5.41, 5.74) is 2.21. The first-order chi connectivity index (χ1) is 11.0. The summed E-state index contributed by atoms with van der Waals surface area (Å²) in [4.78, 5) is 0. The molecule has 0 saturated heterocycles. The van der Waals surface area contributed by atoms with Crippen LogP contribution in [-0.2, 0) is 0 Å². The Labute approximate surface area is 143 Å². The Bertz CT molecular complexity index is 558. The highest BCUT2D eigenvalue weighted by atomic mass is 14.9. The van der Waals surface area contributed by atoms with Crippen molar-refractivity contribution in [1.82, 2.24) is 0 Å². The lowest BCUT2D eigenvalue weighted by Crippen LogP contribution is -2.80. The molecular formula is C23H36. The van der Waals surface area contributed by atoms with E-state index in [1.54, 1.807) is 38.5 Å². The maximum absolute atomic E-state index is 2.76. The van der Waals surface area contributed by atoms with Crippen molar-refractivity contribution in [1.29, 1.82) is 0 Å². The summed E-state index contributed by atoms with van der Waals surface area (Å²) >= 11 is 0. The van der Waals surface area contributed by atoms with Crippen LogP contribution in [0, 0.1) is 63.6 Å². The minimum atomic E-state index is 0.705. The molecule has 0 spiro atoms. The number of hydrogen-bond donors (Lipinski definition) is 0. The summed E-state index contributed by atoms with van der Waals surface area (Å²) in [7, 11) is 0. The van der Waals surface area contributed by atoms with Gasteiger partial charge < -0.3 is 0 Å². The molecule has 0 heterocycles. The number of fused-ring (bicyclic) bond motifs is 11. The van der Waals surface area contributed by atoms with Crippen LogP contribution in [0.4, 0.5) is 0 Å². The first-order valence-electron chi connectivity index (χ1n) is 11.0. The van der Waals surface area contributed by atoms with E-state index in [0.29, 0.717) is 5.41 Å². The predicted molar refractivity (Wildman–Crippen MR) is 94.9 cm³/mol. The highest BCUT2D eigenvalue weighted by Crippen LogP contribution is 2.92. The topological polar surface area (TPSA) is 0 Å². The van der Waals surface area contributed by atoms with Crippen LogP contribution < -0.4 is 0 Å². The molecule has 6 rings (SSSR count). The molecule has 0 N–H and O–H groups in total. The molecular weight excluding hydrogens is 276 g/mol. The molecule has 6 aliphatic rings. The highest BCUT2D eigenvalue weighted by molar-refractivity contribution is 5.34. The van der Waals surface area contributed by atoms with Crippen molar-refractivity contribution in [3.63, 3.8) is 0 Å². The van der Waals surface area contributed by atoms with Crippen LogP contribution in [0.1, 0.15) is 79.1 Å². The molecule has 0 amide bonds. The van der Waals surface area contributed by atoms with Crippen molar-refractivity contribution in [2.75, 3.05) is 0 Å². The highest BCUT2D eigenvalue weighted by Gasteiger charge is 2.87.